The van der Waals surface area contributed by atoms with E-state index in [9.17, 15) is 19.5 Å². The minimum Gasteiger partial charge on any atom is -0.545 e. The third kappa shape index (κ3) is 58.8. The molecule has 0 radical (unpaired) electrons. The van der Waals surface area contributed by atoms with Gasteiger partial charge >= 0.3 is 11.9 Å². The van der Waals surface area contributed by atoms with Gasteiger partial charge in [-0.1, -0.05) is 281 Å². The number of carboxylic acid groups (broad SMARTS) is 1. The van der Waals surface area contributed by atoms with Crippen molar-refractivity contribution in [3.63, 3.8) is 0 Å². The van der Waals surface area contributed by atoms with Gasteiger partial charge in [0.2, 0.25) is 0 Å². The second-order valence-electron chi connectivity index (χ2n) is 22.7. The molecule has 0 aromatic heterocycles. The van der Waals surface area contributed by atoms with Crippen LogP contribution in [0.15, 0.2) is 48.6 Å². The molecule has 2 unspecified atom stereocenters. The predicted molar refractivity (Wildman–Crippen MR) is 315 cm³/mol. The minimum absolute atomic E-state index is 0.140. The molecule has 0 saturated heterocycles. The number of carboxylic acids is 1. The molecule has 0 aliphatic heterocycles. The first-order chi connectivity index (χ1) is 36.6. The van der Waals surface area contributed by atoms with Gasteiger partial charge < -0.3 is 33.3 Å². The molecule has 0 aliphatic carbocycles. The molecule has 0 spiro atoms. The highest BCUT2D eigenvalue weighted by Crippen LogP contribution is 2.18. The zero-order valence-corrected chi connectivity index (χ0v) is 49.9. The average Bonchev–Trinajstić information content (AvgIpc) is 3.38. The highest BCUT2D eigenvalue weighted by Gasteiger charge is 2.22. The molecule has 438 valence electrons. The minimum atomic E-state index is -1.63. The maximum Gasteiger partial charge on any atom is 0.306 e. The average molecular weight is 1060 g/mol. The van der Waals surface area contributed by atoms with Crippen molar-refractivity contribution >= 4 is 17.9 Å². The monoisotopic (exact) mass is 1060 g/mol. The number of nitrogens with zero attached hydrogens (tertiary/aromatic N) is 1. The first-order valence-electron chi connectivity index (χ1n) is 31.8. The molecule has 0 rings (SSSR count). The van der Waals surface area contributed by atoms with Gasteiger partial charge in [-0.2, -0.15) is 0 Å². The molecule has 0 fully saturated rings. The lowest BCUT2D eigenvalue weighted by atomic mass is 10.0. The number of likely N-dealkylation sites (N-methyl/N-ethyl adjacent to an activating group) is 1. The van der Waals surface area contributed by atoms with Gasteiger partial charge in [0.1, 0.15) is 13.2 Å². The number of rotatable bonds is 59. The number of hydrogen-bond donors (Lipinski definition) is 0. The van der Waals surface area contributed by atoms with E-state index in [2.05, 4.69) is 62.5 Å². The Labute approximate surface area is 463 Å². The third-order valence-electron chi connectivity index (χ3n) is 14.1. The van der Waals surface area contributed by atoms with E-state index in [0.29, 0.717) is 17.4 Å². The third-order valence-corrected chi connectivity index (χ3v) is 14.1. The van der Waals surface area contributed by atoms with Crippen LogP contribution >= 0.6 is 0 Å². The Bertz CT molecular complexity index is 1370. The smallest absolute Gasteiger partial charge is 0.306 e. The van der Waals surface area contributed by atoms with E-state index >= 15 is 0 Å². The van der Waals surface area contributed by atoms with Crippen molar-refractivity contribution in [2.45, 2.75) is 309 Å². The second-order valence-corrected chi connectivity index (χ2v) is 22.7. The lowest BCUT2D eigenvalue weighted by molar-refractivity contribution is -0.870. The fourth-order valence-electron chi connectivity index (χ4n) is 9.24. The number of carbonyl (C=O) groups is 3. The fourth-order valence-corrected chi connectivity index (χ4v) is 9.24. The number of carbonyl (C=O) groups excluding carboxylic acids is 3. The van der Waals surface area contributed by atoms with E-state index in [-0.39, 0.29) is 38.6 Å². The molecule has 0 saturated carbocycles. The van der Waals surface area contributed by atoms with Gasteiger partial charge in [0.25, 0.3) is 0 Å². The quantitative estimate of drug-likeness (QED) is 0.0195. The van der Waals surface area contributed by atoms with Crippen LogP contribution in [0.2, 0.25) is 0 Å². The van der Waals surface area contributed by atoms with Crippen LogP contribution in [0.5, 0.6) is 0 Å². The summed E-state index contributed by atoms with van der Waals surface area (Å²) < 4.78 is 22.6. The molecular weight excluding hydrogens is 935 g/mol. The molecule has 0 aromatic rings. The molecule has 0 amide bonds. The maximum atomic E-state index is 12.8. The Morgan fingerprint density at radius 2 is 0.760 bits per heavy atom. The zero-order chi connectivity index (χ0) is 54.8. The molecule has 75 heavy (non-hydrogen) atoms. The number of aliphatic carboxylic acids is 1. The summed E-state index contributed by atoms with van der Waals surface area (Å²) in [6.07, 6.45) is 69.3. The van der Waals surface area contributed by atoms with E-state index < -0.39 is 24.3 Å². The fraction of sp³-hybridized carbons (Fsp3) is 0.833. The molecule has 0 heterocycles. The summed E-state index contributed by atoms with van der Waals surface area (Å²) in [7, 11) is 5.91. The van der Waals surface area contributed by atoms with Gasteiger partial charge in [0.05, 0.1) is 40.3 Å². The second kappa shape index (κ2) is 57.4. The van der Waals surface area contributed by atoms with Gasteiger partial charge in [-0.05, 0) is 51.4 Å². The van der Waals surface area contributed by atoms with Gasteiger partial charge in [0, 0.05) is 12.8 Å². The van der Waals surface area contributed by atoms with E-state index in [1.54, 1.807) is 0 Å². The standard InChI is InChI=1S/C66H121NO8/c1-6-8-10-12-14-16-18-20-22-23-24-25-26-27-28-29-30-31-32-33-34-35-36-37-38-39-40-41-43-44-46-48-50-52-54-56-63(68)73-60-62(61-74-66(65(70)71)72-59-58-67(3,4)5)75-64(69)57-55-53-51-49-47-45-42-21-19-17-15-13-11-9-7-2/h9,11,15,17,21,42,47,49,62,66H,6-8,10,12-14,16,18-20,22-41,43-46,48,50-61H2,1-5H3/b11-9-,17-15-,42-21-,49-47-. The Morgan fingerprint density at radius 3 is 1.13 bits per heavy atom. The van der Waals surface area contributed by atoms with Crippen molar-refractivity contribution in [1.29, 1.82) is 0 Å². The molecule has 2 atom stereocenters. The van der Waals surface area contributed by atoms with Crippen LogP contribution in [-0.2, 0) is 33.3 Å². The van der Waals surface area contributed by atoms with Crippen LogP contribution in [0, 0.1) is 0 Å². The van der Waals surface area contributed by atoms with Crippen molar-refractivity contribution in [2.24, 2.45) is 0 Å². The number of hydrogen-bond acceptors (Lipinski definition) is 8. The number of ether oxygens (including phenoxy) is 4. The molecular formula is C66H121NO8. The van der Waals surface area contributed by atoms with Crippen molar-refractivity contribution in [3.8, 4) is 0 Å². The number of allylic oxidation sites excluding steroid dienone is 8. The van der Waals surface area contributed by atoms with Crippen LogP contribution in [-0.4, -0.2) is 82.3 Å². The lowest BCUT2D eigenvalue weighted by Crippen LogP contribution is -2.44. The topological polar surface area (TPSA) is 111 Å². The largest absolute Gasteiger partial charge is 0.545 e. The Balaban J connectivity index is 4.00. The van der Waals surface area contributed by atoms with Crippen LogP contribution in [0.4, 0.5) is 0 Å². The summed E-state index contributed by atoms with van der Waals surface area (Å²) >= 11 is 0. The summed E-state index contributed by atoms with van der Waals surface area (Å²) in [6, 6.07) is 0. The number of unbranched alkanes of at least 4 members (excludes halogenated alkanes) is 36. The van der Waals surface area contributed by atoms with Crippen molar-refractivity contribution in [1.82, 2.24) is 0 Å². The SMILES string of the molecule is CC/C=C\C/C=C\C/C=C\C/C=C\CCCCC(=O)OC(COC(=O)CCCCCCCCCCCCCCCCCCCCCCCCCCCCCCCCCCCCC)COC(OCC[N+](C)(C)C)C(=O)[O-]. The van der Waals surface area contributed by atoms with Crippen molar-refractivity contribution < 1.29 is 42.9 Å². The maximum absolute atomic E-state index is 12.8. The van der Waals surface area contributed by atoms with E-state index in [1.807, 2.05) is 21.1 Å². The number of quaternary nitrogens is 1. The Hall–Kier alpha value is -2.75. The first kappa shape index (κ1) is 72.2. The zero-order valence-electron chi connectivity index (χ0n) is 49.9. The van der Waals surface area contributed by atoms with Crippen LogP contribution < -0.4 is 5.11 Å². The molecule has 0 bridgehead atoms. The summed E-state index contributed by atoms with van der Waals surface area (Å²) in [5.41, 5.74) is 0. The highest BCUT2D eigenvalue weighted by atomic mass is 16.7. The van der Waals surface area contributed by atoms with Gasteiger partial charge in [0.15, 0.2) is 12.4 Å². The van der Waals surface area contributed by atoms with Crippen molar-refractivity contribution in [2.75, 3.05) is 47.5 Å². The summed E-state index contributed by atoms with van der Waals surface area (Å²) in [5.74, 6) is -2.33. The molecule has 9 nitrogen and oxygen atoms in total. The molecule has 0 N–H and O–H groups in total. The predicted octanol–water partition coefficient (Wildman–Crippen LogP) is 17.7. The van der Waals surface area contributed by atoms with E-state index in [4.69, 9.17) is 18.9 Å². The molecule has 0 aromatic carbocycles. The van der Waals surface area contributed by atoms with Crippen LogP contribution in [0.25, 0.3) is 0 Å². The summed E-state index contributed by atoms with van der Waals surface area (Å²) in [4.78, 5) is 37.2. The summed E-state index contributed by atoms with van der Waals surface area (Å²) in [5, 5.41) is 11.8. The van der Waals surface area contributed by atoms with Crippen molar-refractivity contribution in [3.05, 3.63) is 48.6 Å². The molecule has 0 aliphatic rings. The highest BCUT2D eigenvalue weighted by molar-refractivity contribution is 5.70. The van der Waals surface area contributed by atoms with E-state index in [0.717, 1.165) is 57.8 Å². The van der Waals surface area contributed by atoms with Gasteiger partial charge in [-0.3, -0.25) is 9.59 Å². The normalized spacial score (nSPS) is 13.0. The van der Waals surface area contributed by atoms with E-state index in [1.165, 1.54) is 205 Å². The molecule has 9 heteroatoms. The summed E-state index contributed by atoms with van der Waals surface area (Å²) in [6.45, 7) is 4.62. The Morgan fingerprint density at radius 1 is 0.413 bits per heavy atom. The number of esters is 2. The van der Waals surface area contributed by atoms with Gasteiger partial charge in [-0.15, -0.1) is 0 Å². The first-order valence-corrected chi connectivity index (χ1v) is 31.8. The van der Waals surface area contributed by atoms with Gasteiger partial charge in [-0.25, -0.2) is 0 Å². The lowest BCUT2D eigenvalue weighted by Gasteiger charge is -2.26. The van der Waals surface area contributed by atoms with Crippen LogP contribution in [0.1, 0.15) is 296 Å². The van der Waals surface area contributed by atoms with Crippen LogP contribution in [0.3, 0.4) is 0 Å². The Kier molecular flexibility index (Phi) is 55.3.